The van der Waals surface area contributed by atoms with Crippen LogP contribution in [-0.4, -0.2) is 42.0 Å². The molecule has 3 rings (SSSR count). The standard InChI is InChI=1S/C14H20FN3/c15-12-7-11(8-13(16)9-12)10-17-3-5-18(6-4-17)14-1-2-14/h7-9,14H,1-6,10,16H2. The predicted molar refractivity (Wildman–Crippen MR) is 70.7 cm³/mol. The lowest BCUT2D eigenvalue weighted by Gasteiger charge is -2.34. The van der Waals surface area contributed by atoms with Crippen molar-refractivity contribution >= 4 is 5.69 Å². The van der Waals surface area contributed by atoms with Crippen LogP contribution in [0.2, 0.25) is 0 Å². The zero-order valence-electron chi connectivity index (χ0n) is 10.6. The summed E-state index contributed by atoms with van der Waals surface area (Å²) in [5.74, 6) is -0.235. The molecule has 0 aromatic heterocycles. The fourth-order valence-electron chi connectivity index (χ4n) is 2.75. The smallest absolute Gasteiger partial charge is 0.125 e. The van der Waals surface area contributed by atoms with E-state index in [0.29, 0.717) is 5.69 Å². The monoisotopic (exact) mass is 249 g/mol. The number of nitrogens with zero attached hydrogens (tertiary/aromatic N) is 2. The highest BCUT2D eigenvalue weighted by molar-refractivity contribution is 5.41. The lowest BCUT2D eigenvalue weighted by Crippen LogP contribution is -2.46. The number of nitrogen functional groups attached to an aromatic ring is 1. The summed E-state index contributed by atoms with van der Waals surface area (Å²) in [7, 11) is 0. The number of rotatable bonds is 3. The van der Waals surface area contributed by atoms with Gasteiger partial charge in [-0.05, 0) is 36.6 Å². The van der Waals surface area contributed by atoms with Gasteiger partial charge in [0.2, 0.25) is 0 Å². The lowest BCUT2D eigenvalue weighted by atomic mass is 10.1. The summed E-state index contributed by atoms with van der Waals surface area (Å²) in [5.41, 5.74) is 7.16. The molecule has 1 aromatic rings. The van der Waals surface area contributed by atoms with E-state index in [4.69, 9.17) is 5.73 Å². The fourth-order valence-corrected chi connectivity index (χ4v) is 2.75. The molecule has 18 heavy (non-hydrogen) atoms. The average Bonchev–Trinajstić information content (AvgIpc) is 3.12. The first-order valence-corrected chi connectivity index (χ1v) is 6.72. The Morgan fingerprint density at radius 3 is 2.44 bits per heavy atom. The van der Waals surface area contributed by atoms with Crippen molar-refractivity contribution in [3.63, 3.8) is 0 Å². The number of hydrogen-bond donors (Lipinski definition) is 1. The summed E-state index contributed by atoms with van der Waals surface area (Å²) in [4.78, 5) is 4.96. The van der Waals surface area contributed by atoms with Gasteiger partial charge in [0.1, 0.15) is 5.82 Å². The molecule has 1 heterocycles. The summed E-state index contributed by atoms with van der Waals surface area (Å²) >= 11 is 0. The highest BCUT2D eigenvalue weighted by Gasteiger charge is 2.31. The van der Waals surface area contributed by atoms with E-state index < -0.39 is 0 Å². The van der Waals surface area contributed by atoms with Crippen LogP contribution in [0, 0.1) is 5.82 Å². The molecule has 1 aliphatic carbocycles. The molecule has 2 fully saturated rings. The molecule has 0 bridgehead atoms. The highest BCUT2D eigenvalue weighted by Crippen LogP contribution is 2.27. The number of piperazine rings is 1. The van der Waals surface area contributed by atoms with Crippen LogP contribution in [-0.2, 0) is 6.54 Å². The van der Waals surface area contributed by atoms with Crippen LogP contribution in [0.1, 0.15) is 18.4 Å². The normalized spacial score (nSPS) is 22.3. The molecule has 0 amide bonds. The number of anilines is 1. The number of benzene rings is 1. The Bertz CT molecular complexity index is 403. The minimum Gasteiger partial charge on any atom is -0.399 e. The lowest BCUT2D eigenvalue weighted by molar-refractivity contribution is 0.121. The Labute approximate surface area is 107 Å². The third kappa shape index (κ3) is 2.82. The molecule has 98 valence electrons. The largest absolute Gasteiger partial charge is 0.399 e. The first-order valence-electron chi connectivity index (χ1n) is 6.72. The van der Waals surface area contributed by atoms with Crippen molar-refractivity contribution in [2.75, 3.05) is 31.9 Å². The van der Waals surface area contributed by atoms with Gasteiger partial charge in [-0.25, -0.2) is 4.39 Å². The van der Waals surface area contributed by atoms with E-state index in [-0.39, 0.29) is 5.82 Å². The molecule has 0 spiro atoms. The first kappa shape index (κ1) is 11.9. The third-order valence-electron chi connectivity index (χ3n) is 3.86. The first-order chi connectivity index (χ1) is 8.70. The van der Waals surface area contributed by atoms with Crippen LogP contribution < -0.4 is 5.73 Å². The Morgan fingerprint density at radius 2 is 1.83 bits per heavy atom. The Kier molecular flexibility index (Phi) is 3.22. The van der Waals surface area contributed by atoms with Gasteiger partial charge in [0, 0.05) is 44.5 Å². The molecule has 2 aliphatic rings. The van der Waals surface area contributed by atoms with Gasteiger partial charge in [-0.15, -0.1) is 0 Å². The van der Waals surface area contributed by atoms with Gasteiger partial charge in [-0.2, -0.15) is 0 Å². The summed E-state index contributed by atoms with van der Waals surface area (Å²) in [6.07, 6.45) is 2.75. The second-order valence-electron chi connectivity index (χ2n) is 5.44. The molecule has 1 aromatic carbocycles. The van der Waals surface area contributed by atoms with Crippen molar-refractivity contribution in [3.05, 3.63) is 29.6 Å². The molecule has 1 saturated heterocycles. The van der Waals surface area contributed by atoms with E-state index in [2.05, 4.69) is 9.80 Å². The number of hydrogen-bond acceptors (Lipinski definition) is 3. The van der Waals surface area contributed by atoms with Crippen LogP contribution in [0.3, 0.4) is 0 Å². The van der Waals surface area contributed by atoms with Crippen molar-refractivity contribution < 1.29 is 4.39 Å². The van der Waals surface area contributed by atoms with Crippen LogP contribution >= 0.6 is 0 Å². The fraction of sp³-hybridized carbons (Fsp3) is 0.571. The Hall–Kier alpha value is -1.13. The van der Waals surface area contributed by atoms with Crippen molar-refractivity contribution in [2.45, 2.75) is 25.4 Å². The summed E-state index contributed by atoms with van der Waals surface area (Å²) in [6, 6.07) is 5.69. The maximum Gasteiger partial charge on any atom is 0.125 e. The number of halogens is 1. The van der Waals surface area contributed by atoms with Crippen LogP contribution in [0.5, 0.6) is 0 Å². The third-order valence-corrected chi connectivity index (χ3v) is 3.86. The van der Waals surface area contributed by atoms with E-state index in [1.165, 1.54) is 18.9 Å². The molecule has 0 unspecified atom stereocenters. The van der Waals surface area contributed by atoms with Gasteiger partial charge in [0.25, 0.3) is 0 Å². The molecular formula is C14H20FN3. The zero-order chi connectivity index (χ0) is 12.5. The van der Waals surface area contributed by atoms with Crippen molar-refractivity contribution in [1.82, 2.24) is 9.80 Å². The topological polar surface area (TPSA) is 32.5 Å². The van der Waals surface area contributed by atoms with Gasteiger partial charge in [0.05, 0.1) is 0 Å². The summed E-state index contributed by atoms with van der Waals surface area (Å²) in [6.45, 7) is 5.26. The molecule has 2 N–H and O–H groups in total. The molecule has 1 aliphatic heterocycles. The Morgan fingerprint density at radius 1 is 1.11 bits per heavy atom. The number of nitrogens with two attached hydrogens (primary N) is 1. The summed E-state index contributed by atoms with van der Waals surface area (Å²) < 4.78 is 13.3. The van der Waals surface area contributed by atoms with Crippen LogP contribution in [0.4, 0.5) is 10.1 Å². The van der Waals surface area contributed by atoms with E-state index in [1.54, 1.807) is 6.07 Å². The zero-order valence-corrected chi connectivity index (χ0v) is 10.6. The highest BCUT2D eigenvalue weighted by atomic mass is 19.1. The van der Waals surface area contributed by atoms with Crippen molar-refractivity contribution in [2.24, 2.45) is 0 Å². The molecular weight excluding hydrogens is 229 g/mol. The van der Waals surface area contributed by atoms with Gasteiger partial charge in [-0.1, -0.05) is 0 Å². The minimum atomic E-state index is -0.235. The quantitative estimate of drug-likeness (QED) is 0.827. The average molecular weight is 249 g/mol. The molecule has 0 atom stereocenters. The maximum atomic E-state index is 13.3. The van der Waals surface area contributed by atoms with E-state index in [9.17, 15) is 4.39 Å². The van der Waals surface area contributed by atoms with E-state index in [0.717, 1.165) is 44.3 Å². The molecule has 1 saturated carbocycles. The van der Waals surface area contributed by atoms with Gasteiger partial charge in [-0.3, -0.25) is 9.80 Å². The Balaban J connectivity index is 1.56. The van der Waals surface area contributed by atoms with E-state index >= 15 is 0 Å². The summed E-state index contributed by atoms with van der Waals surface area (Å²) in [5, 5.41) is 0. The van der Waals surface area contributed by atoms with Gasteiger partial charge in [0.15, 0.2) is 0 Å². The molecule has 3 nitrogen and oxygen atoms in total. The van der Waals surface area contributed by atoms with Crippen LogP contribution in [0.25, 0.3) is 0 Å². The van der Waals surface area contributed by atoms with Crippen molar-refractivity contribution in [1.29, 1.82) is 0 Å². The molecule has 0 radical (unpaired) electrons. The van der Waals surface area contributed by atoms with Crippen molar-refractivity contribution in [3.8, 4) is 0 Å². The second kappa shape index (κ2) is 4.86. The SMILES string of the molecule is Nc1cc(F)cc(CN2CCN(C3CC3)CC2)c1. The minimum absolute atomic E-state index is 0.235. The maximum absolute atomic E-state index is 13.3. The van der Waals surface area contributed by atoms with E-state index in [1.807, 2.05) is 6.07 Å². The van der Waals surface area contributed by atoms with Gasteiger partial charge >= 0.3 is 0 Å². The van der Waals surface area contributed by atoms with Crippen LogP contribution in [0.15, 0.2) is 18.2 Å². The molecule has 4 heteroatoms. The second-order valence-corrected chi connectivity index (χ2v) is 5.44. The predicted octanol–water partition coefficient (Wildman–Crippen LogP) is 1.69. The van der Waals surface area contributed by atoms with Gasteiger partial charge < -0.3 is 5.73 Å².